The monoisotopic (exact) mass is 391 g/mol. The summed E-state index contributed by atoms with van der Waals surface area (Å²) in [4.78, 5) is 4.26. The summed E-state index contributed by atoms with van der Waals surface area (Å²) in [6.45, 7) is 9.63. The second kappa shape index (κ2) is 6.83. The third-order valence-electron chi connectivity index (χ3n) is 4.00. The van der Waals surface area contributed by atoms with Gasteiger partial charge in [-0.15, -0.1) is 24.0 Å². The van der Waals surface area contributed by atoms with Gasteiger partial charge in [0.1, 0.15) is 11.5 Å². The van der Waals surface area contributed by atoms with E-state index in [4.69, 9.17) is 4.42 Å². The van der Waals surface area contributed by atoms with Crippen molar-refractivity contribution in [2.45, 2.75) is 40.2 Å². The quantitative estimate of drug-likeness (QED) is 0.470. The number of nitrogens with one attached hydrogen (secondary N) is 2. The second-order valence-corrected chi connectivity index (χ2v) is 6.16. The van der Waals surface area contributed by atoms with Crippen LogP contribution in [-0.4, -0.2) is 19.6 Å². The van der Waals surface area contributed by atoms with Gasteiger partial charge in [-0.05, 0) is 43.7 Å². The van der Waals surface area contributed by atoms with Crippen molar-refractivity contribution in [1.82, 2.24) is 10.6 Å². The maximum atomic E-state index is 5.62. The van der Waals surface area contributed by atoms with E-state index in [0.717, 1.165) is 29.9 Å². The molecule has 0 aromatic carbocycles. The highest BCUT2D eigenvalue weighted by Gasteiger charge is 2.45. The van der Waals surface area contributed by atoms with Crippen LogP contribution in [0, 0.1) is 18.3 Å². The molecule has 0 amide bonds. The second-order valence-electron chi connectivity index (χ2n) is 6.16. The molecule has 5 heteroatoms. The molecule has 1 saturated carbocycles. The lowest BCUT2D eigenvalue weighted by molar-refractivity contribution is 0.440. The summed E-state index contributed by atoms with van der Waals surface area (Å²) < 4.78 is 5.62. The van der Waals surface area contributed by atoms with Gasteiger partial charge in [0.15, 0.2) is 5.96 Å². The minimum Gasteiger partial charge on any atom is -0.464 e. The number of guanidine groups is 1. The molecule has 2 atom stereocenters. The Morgan fingerprint density at radius 2 is 2.15 bits per heavy atom. The topological polar surface area (TPSA) is 49.6 Å². The van der Waals surface area contributed by atoms with Crippen LogP contribution in [0.2, 0.25) is 0 Å². The van der Waals surface area contributed by atoms with Crippen LogP contribution in [0.5, 0.6) is 0 Å². The highest BCUT2D eigenvalue weighted by atomic mass is 127. The number of furan rings is 1. The van der Waals surface area contributed by atoms with Gasteiger partial charge in [-0.2, -0.15) is 0 Å². The van der Waals surface area contributed by atoms with Gasteiger partial charge in [-0.25, -0.2) is 0 Å². The molecule has 2 unspecified atom stereocenters. The predicted molar refractivity (Wildman–Crippen MR) is 93.7 cm³/mol. The van der Waals surface area contributed by atoms with E-state index in [9.17, 15) is 0 Å². The Hall–Kier alpha value is -0.720. The summed E-state index contributed by atoms with van der Waals surface area (Å²) in [5.74, 6) is 3.47. The number of aryl methyl sites for hydroxylation is 1. The fourth-order valence-corrected chi connectivity index (χ4v) is 2.30. The Balaban J connectivity index is 0.00000200. The Labute approximate surface area is 138 Å². The number of hydrogen-bond donors (Lipinski definition) is 2. The van der Waals surface area contributed by atoms with E-state index in [1.807, 2.05) is 19.1 Å². The summed E-state index contributed by atoms with van der Waals surface area (Å²) in [7, 11) is 1.80. The first kappa shape index (κ1) is 17.3. The zero-order valence-corrected chi connectivity index (χ0v) is 15.3. The Kier molecular flexibility index (Phi) is 5.91. The molecular formula is C15H26IN3O. The third kappa shape index (κ3) is 4.40. The summed E-state index contributed by atoms with van der Waals surface area (Å²) >= 11 is 0. The van der Waals surface area contributed by atoms with Crippen LogP contribution in [0.15, 0.2) is 21.5 Å². The zero-order chi connectivity index (χ0) is 14.0. The van der Waals surface area contributed by atoms with Crippen LogP contribution in [0.25, 0.3) is 0 Å². The molecule has 0 saturated heterocycles. The van der Waals surface area contributed by atoms with E-state index in [1.54, 1.807) is 7.05 Å². The van der Waals surface area contributed by atoms with Crippen molar-refractivity contribution in [3.05, 3.63) is 23.7 Å². The number of nitrogens with zero attached hydrogens (tertiary/aromatic N) is 1. The largest absolute Gasteiger partial charge is 0.464 e. The summed E-state index contributed by atoms with van der Waals surface area (Å²) in [6.07, 6.45) is 1.30. The van der Waals surface area contributed by atoms with E-state index < -0.39 is 0 Å². The zero-order valence-electron chi connectivity index (χ0n) is 13.0. The van der Waals surface area contributed by atoms with Crippen LogP contribution < -0.4 is 10.6 Å². The van der Waals surface area contributed by atoms with Crippen LogP contribution in [-0.2, 0) is 0 Å². The SMILES string of the molecule is CN=C(NCC1CC1(C)C)NC(C)c1ccc(C)o1.I. The molecule has 0 radical (unpaired) electrons. The van der Waals surface area contributed by atoms with E-state index >= 15 is 0 Å². The lowest BCUT2D eigenvalue weighted by Crippen LogP contribution is -2.39. The standard InChI is InChI=1S/C15H25N3O.HI/c1-10-6-7-13(19-10)11(2)18-14(16-5)17-9-12-8-15(12,3)4;/h6-7,11-12H,8-9H2,1-5H3,(H2,16,17,18);1H. The average molecular weight is 391 g/mol. The van der Waals surface area contributed by atoms with Crippen molar-refractivity contribution in [3.63, 3.8) is 0 Å². The van der Waals surface area contributed by atoms with Gasteiger partial charge in [0.2, 0.25) is 0 Å². The first-order valence-corrected chi connectivity index (χ1v) is 6.96. The van der Waals surface area contributed by atoms with Crippen molar-refractivity contribution in [3.8, 4) is 0 Å². The summed E-state index contributed by atoms with van der Waals surface area (Å²) in [5.41, 5.74) is 0.496. The maximum Gasteiger partial charge on any atom is 0.191 e. The van der Waals surface area contributed by atoms with Crippen LogP contribution >= 0.6 is 24.0 Å². The molecule has 1 aliphatic carbocycles. The van der Waals surface area contributed by atoms with Crippen molar-refractivity contribution in [2.75, 3.05) is 13.6 Å². The molecule has 0 spiro atoms. The Bertz CT molecular complexity index is 467. The van der Waals surface area contributed by atoms with Crippen molar-refractivity contribution >= 4 is 29.9 Å². The predicted octanol–water partition coefficient (Wildman–Crippen LogP) is 3.48. The molecule has 1 aromatic heterocycles. The van der Waals surface area contributed by atoms with Gasteiger partial charge in [0.05, 0.1) is 6.04 Å². The summed E-state index contributed by atoms with van der Waals surface area (Å²) in [6, 6.07) is 4.10. The molecule has 2 rings (SSSR count). The fraction of sp³-hybridized carbons (Fsp3) is 0.667. The van der Waals surface area contributed by atoms with Gasteiger partial charge >= 0.3 is 0 Å². The van der Waals surface area contributed by atoms with E-state index in [2.05, 4.69) is 36.4 Å². The van der Waals surface area contributed by atoms with Crippen LogP contribution in [0.4, 0.5) is 0 Å². The molecule has 1 aromatic rings. The van der Waals surface area contributed by atoms with Crippen LogP contribution in [0.1, 0.15) is 44.8 Å². The van der Waals surface area contributed by atoms with Crippen molar-refractivity contribution < 1.29 is 4.42 Å². The highest BCUT2D eigenvalue weighted by Crippen LogP contribution is 2.50. The van der Waals surface area contributed by atoms with Crippen molar-refractivity contribution in [1.29, 1.82) is 0 Å². The lowest BCUT2D eigenvalue weighted by atomic mass is 10.1. The number of halogens is 1. The van der Waals surface area contributed by atoms with E-state index in [0.29, 0.717) is 5.41 Å². The average Bonchev–Trinajstić information content (AvgIpc) is 2.74. The fourth-order valence-electron chi connectivity index (χ4n) is 2.30. The molecule has 0 aliphatic heterocycles. The van der Waals surface area contributed by atoms with Crippen molar-refractivity contribution in [2.24, 2.45) is 16.3 Å². The Morgan fingerprint density at radius 3 is 2.60 bits per heavy atom. The molecule has 2 N–H and O–H groups in total. The van der Waals surface area contributed by atoms with Crippen LogP contribution in [0.3, 0.4) is 0 Å². The number of aliphatic imine (C=N–C) groups is 1. The van der Waals surface area contributed by atoms with Gasteiger partial charge in [-0.1, -0.05) is 13.8 Å². The minimum absolute atomic E-state index is 0. The Morgan fingerprint density at radius 1 is 1.50 bits per heavy atom. The molecule has 20 heavy (non-hydrogen) atoms. The van der Waals surface area contributed by atoms with Gasteiger partial charge < -0.3 is 15.1 Å². The lowest BCUT2D eigenvalue weighted by Gasteiger charge is -2.16. The maximum absolute atomic E-state index is 5.62. The van der Waals surface area contributed by atoms with E-state index in [-0.39, 0.29) is 30.0 Å². The van der Waals surface area contributed by atoms with E-state index in [1.165, 1.54) is 6.42 Å². The first-order valence-electron chi connectivity index (χ1n) is 6.96. The molecular weight excluding hydrogens is 365 g/mol. The molecule has 4 nitrogen and oxygen atoms in total. The van der Waals surface area contributed by atoms with Gasteiger partial charge in [0.25, 0.3) is 0 Å². The number of hydrogen-bond acceptors (Lipinski definition) is 2. The molecule has 1 fully saturated rings. The third-order valence-corrected chi connectivity index (χ3v) is 4.00. The van der Waals surface area contributed by atoms with Gasteiger partial charge in [-0.3, -0.25) is 4.99 Å². The molecule has 114 valence electrons. The normalized spacial score (nSPS) is 21.9. The first-order chi connectivity index (χ1) is 8.92. The molecule has 1 aliphatic rings. The number of rotatable bonds is 4. The highest BCUT2D eigenvalue weighted by molar-refractivity contribution is 14.0. The minimum atomic E-state index is 0. The van der Waals surface area contributed by atoms with Gasteiger partial charge in [0, 0.05) is 13.6 Å². The molecule has 0 bridgehead atoms. The summed E-state index contributed by atoms with van der Waals surface area (Å²) in [5, 5.41) is 6.74. The smallest absolute Gasteiger partial charge is 0.191 e. The molecule has 1 heterocycles.